The summed E-state index contributed by atoms with van der Waals surface area (Å²) in [7, 11) is 1.57. The number of carboxylic acid groups (broad SMARTS) is 1. The normalized spacial score (nSPS) is 13.6. The van der Waals surface area contributed by atoms with Gasteiger partial charge in [-0.2, -0.15) is 0 Å². The van der Waals surface area contributed by atoms with E-state index in [1.54, 1.807) is 25.4 Å². The molecule has 264 valence electrons. The molecule has 1 aliphatic rings. The maximum absolute atomic E-state index is 15.1. The number of unbranched alkanes of at least 4 members (excludes halogenated alkanes) is 3. The van der Waals surface area contributed by atoms with E-state index in [9.17, 15) is 9.59 Å². The molecule has 1 aliphatic heterocycles. The van der Waals surface area contributed by atoms with Crippen molar-refractivity contribution in [1.29, 1.82) is 0 Å². The Labute approximate surface area is 291 Å². The summed E-state index contributed by atoms with van der Waals surface area (Å²) in [6.45, 7) is 14.4. The monoisotopic (exact) mass is 686 g/mol. The molecule has 2 aromatic heterocycles. The number of aliphatic carboxylic acids is 1. The number of imidazole rings is 1. The van der Waals surface area contributed by atoms with E-state index in [0.29, 0.717) is 78.9 Å². The van der Waals surface area contributed by atoms with Crippen LogP contribution in [0.25, 0.3) is 32.9 Å². The molecule has 0 bridgehead atoms. The predicted octanol–water partition coefficient (Wildman–Crippen LogP) is 7.67. The van der Waals surface area contributed by atoms with Gasteiger partial charge in [-0.15, -0.1) is 0 Å². The Morgan fingerprint density at radius 2 is 1.80 bits per heavy atom. The van der Waals surface area contributed by atoms with Crippen LogP contribution in [0.1, 0.15) is 65.7 Å². The van der Waals surface area contributed by atoms with Crippen molar-refractivity contribution in [2.75, 3.05) is 31.7 Å². The minimum absolute atomic E-state index is 0.0594. The molecule has 0 radical (unpaired) electrons. The number of amides is 1. The molecule has 5 rings (SSSR count). The van der Waals surface area contributed by atoms with Crippen LogP contribution in [0.3, 0.4) is 0 Å². The molecule has 0 atom stereocenters. The molecular weight excluding hydrogens is 643 g/mol. The van der Waals surface area contributed by atoms with E-state index < -0.39 is 23.5 Å². The number of hydrogen-bond acceptors (Lipinski definition) is 8. The summed E-state index contributed by atoms with van der Waals surface area (Å²) in [5, 5.41) is 11.8. The van der Waals surface area contributed by atoms with Crippen LogP contribution >= 0.6 is 0 Å². The standard InChI is InChI=1S/C37H43FN6O6/c1-37(2,3)50-36(47)41-26-15-18-43(19-16-26)35-42-33(25-11-13-28(39-4)27(38)22-25)32(34-40-17-20-44(34)35)24-12-14-29(48-5)30(23-24)49-21-9-7-6-8-10-31(45)46/h11-14,17,20,22-23,26H,6-10,15-16,18-19,21H2,1-3,5H3,(H,41,47)(H,45,46). The number of alkyl carbamates (subject to hydrolysis) is 1. The van der Waals surface area contributed by atoms with Crippen molar-refractivity contribution in [3.8, 4) is 33.9 Å². The zero-order valence-corrected chi connectivity index (χ0v) is 28.9. The number of carbonyl (C=O) groups excluding carboxylic acids is 1. The first-order chi connectivity index (χ1) is 24.0. The SMILES string of the molecule is [C-]#[N+]c1ccc(-c2nc(N3CCC(NC(=O)OC(C)(C)C)CC3)n3ccnc3c2-c2ccc(OC)c(OCCCCCCC(=O)O)c2)cc1F. The van der Waals surface area contributed by atoms with Gasteiger partial charge in [0.1, 0.15) is 17.1 Å². The van der Waals surface area contributed by atoms with Crippen LogP contribution in [-0.2, 0) is 9.53 Å². The van der Waals surface area contributed by atoms with Gasteiger partial charge in [-0.1, -0.05) is 31.0 Å². The fraction of sp³-hybridized carbons (Fsp3) is 0.432. The molecule has 3 heterocycles. The van der Waals surface area contributed by atoms with E-state index in [1.165, 1.54) is 12.1 Å². The van der Waals surface area contributed by atoms with Crippen LogP contribution in [0.2, 0.25) is 0 Å². The number of methoxy groups -OCH3 is 1. The molecule has 1 saturated heterocycles. The van der Waals surface area contributed by atoms with E-state index in [1.807, 2.05) is 43.5 Å². The van der Waals surface area contributed by atoms with E-state index in [2.05, 4.69) is 15.1 Å². The van der Waals surface area contributed by atoms with Gasteiger partial charge >= 0.3 is 12.1 Å². The smallest absolute Gasteiger partial charge is 0.407 e. The Hall–Kier alpha value is -5.38. The number of hydrogen-bond donors (Lipinski definition) is 2. The van der Waals surface area contributed by atoms with E-state index in [-0.39, 0.29) is 18.2 Å². The van der Waals surface area contributed by atoms with E-state index in [0.717, 1.165) is 24.8 Å². The number of piperidine rings is 1. The number of halogens is 1. The summed E-state index contributed by atoms with van der Waals surface area (Å²) in [5.41, 5.74) is 2.27. The Kier molecular flexibility index (Phi) is 11.4. The number of carbonyl (C=O) groups is 2. The third-order valence-electron chi connectivity index (χ3n) is 8.36. The molecule has 4 aromatic rings. The second kappa shape index (κ2) is 15.9. The highest BCUT2D eigenvalue weighted by atomic mass is 19.1. The van der Waals surface area contributed by atoms with Crippen molar-refractivity contribution >= 4 is 29.3 Å². The lowest BCUT2D eigenvalue weighted by molar-refractivity contribution is -0.137. The van der Waals surface area contributed by atoms with Gasteiger partial charge < -0.3 is 29.5 Å². The van der Waals surface area contributed by atoms with Crippen LogP contribution in [0.5, 0.6) is 11.5 Å². The van der Waals surface area contributed by atoms with Gasteiger partial charge in [0.15, 0.2) is 11.5 Å². The Bertz CT molecular complexity index is 1870. The average molecular weight is 687 g/mol. The average Bonchev–Trinajstić information content (AvgIpc) is 3.56. The number of nitrogens with zero attached hydrogens (tertiary/aromatic N) is 5. The lowest BCUT2D eigenvalue weighted by Gasteiger charge is -2.34. The Morgan fingerprint density at radius 1 is 1.06 bits per heavy atom. The van der Waals surface area contributed by atoms with Gasteiger partial charge in [-0.3, -0.25) is 9.20 Å². The quantitative estimate of drug-likeness (QED) is 0.107. The topological polar surface area (TPSA) is 132 Å². The summed E-state index contributed by atoms with van der Waals surface area (Å²) in [6, 6.07) is 9.94. The molecule has 0 unspecified atom stereocenters. The summed E-state index contributed by atoms with van der Waals surface area (Å²) >= 11 is 0. The first kappa shape index (κ1) is 35.9. The molecular formula is C37H43FN6O6. The second-order valence-corrected chi connectivity index (χ2v) is 13.2. The van der Waals surface area contributed by atoms with Crippen molar-refractivity contribution in [2.45, 2.75) is 77.4 Å². The summed E-state index contributed by atoms with van der Waals surface area (Å²) in [4.78, 5) is 38.5. The zero-order chi connectivity index (χ0) is 35.8. The maximum atomic E-state index is 15.1. The third-order valence-corrected chi connectivity index (χ3v) is 8.36. The minimum atomic E-state index is -0.793. The minimum Gasteiger partial charge on any atom is -0.493 e. The molecule has 2 N–H and O–H groups in total. The largest absolute Gasteiger partial charge is 0.493 e. The Morgan fingerprint density at radius 3 is 2.48 bits per heavy atom. The predicted molar refractivity (Wildman–Crippen MR) is 187 cm³/mol. The summed E-state index contributed by atoms with van der Waals surface area (Å²) in [6.07, 6.45) is 7.58. The molecule has 13 heteroatoms. The van der Waals surface area contributed by atoms with E-state index in [4.69, 9.17) is 35.9 Å². The number of nitrogens with one attached hydrogen (secondary N) is 1. The zero-order valence-electron chi connectivity index (χ0n) is 28.9. The molecule has 0 spiro atoms. The molecule has 1 amide bonds. The van der Waals surface area contributed by atoms with Gasteiger partial charge in [0, 0.05) is 43.5 Å². The van der Waals surface area contributed by atoms with Crippen LogP contribution in [0.15, 0.2) is 48.8 Å². The lowest BCUT2D eigenvalue weighted by Crippen LogP contribution is -2.46. The van der Waals surface area contributed by atoms with Gasteiger partial charge in [-0.05, 0) is 70.2 Å². The molecule has 0 aliphatic carbocycles. The van der Waals surface area contributed by atoms with Crippen molar-refractivity contribution in [3.63, 3.8) is 0 Å². The van der Waals surface area contributed by atoms with Crippen molar-refractivity contribution < 1.29 is 33.3 Å². The second-order valence-electron chi connectivity index (χ2n) is 13.2. The van der Waals surface area contributed by atoms with Gasteiger partial charge in [0.05, 0.1) is 31.5 Å². The number of fused-ring (bicyclic) bond motifs is 1. The fourth-order valence-electron chi connectivity index (χ4n) is 5.97. The molecule has 12 nitrogen and oxygen atoms in total. The van der Waals surface area contributed by atoms with Gasteiger partial charge in [-0.25, -0.2) is 24.0 Å². The van der Waals surface area contributed by atoms with Crippen LogP contribution < -0.4 is 19.7 Å². The maximum Gasteiger partial charge on any atom is 0.407 e. The highest BCUT2D eigenvalue weighted by Crippen LogP contribution is 2.41. The lowest BCUT2D eigenvalue weighted by atomic mass is 9.99. The van der Waals surface area contributed by atoms with Crippen molar-refractivity contribution in [1.82, 2.24) is 19.7 Å². The number of rotatable bonds is 13. The molecule has 0 saturated carbocycles. The number of aromatic nitrogens is 3. The van der Waals surface area contributed by atoms with Gasteiger partial charge in [0.2, 0.25) is 11.6 Å². The molecule has 1 fully saturated rings. The van der Waals surface area contributed by atoms with Crippen LogP contribution in [-0.4, -0.2) is 70.0 Å². The van der Waals surface area contributed by atoms with Crippen molar-refractivity contribution in [2.24, 2.45) is 0 Å². The first-order valence-corrected chi connectivity index (χ1v) is 16.8. The summed E-state index contributed by atoms with van der Waals surface area (Å²) in [5.74, 6) is 0.240. The third kappa shape index (κ3) is 8.80. The number of ether oxygens (including phenoxy) is 3. The number of anilines is 1. The number of benzene rings is 2. The summed E-state index contributed by atoms with van der Waals surface area (Å²) < 4.78 is 34.2. The van der Waals surface area contributed by atoms with Crippen LogP contribution in [0, 0.1) is 12.4 Å². The Balaban J connectivity index is 1.48. The van der Waals surface area contributed by atoms with Crippen LogP contribution in [0.4, 0.5) is 20.8 Å². The van der Waals surface area contributed by atoms with Gasteiger partial charge in [0.25, 0.3) is 0 Å². The highest BCUT2D eigenvalue weighted by Gasteiger charge is 2.28. The molecule has 50 heavy (non-hydrogen) atoms. The molecule has 2 aromatic carbocycles. The van der Waals surface area contributed by atoms with E-state index >= 15 is 4.39 Å². The fourth-order valence-corrected chi connectivity index (χ4v) is 5.97. The number of carboxylic acids is 1. The first-order valence-electron chi connectivity index (χ1n) is 16.8. The van der Waals surface area contributed by atoms with Crippen molar-refractivity contribution in [3.05, 3.63) is 66.0 Å². The highest BCUT2D eigenvalue weighted by molar-refractivity contribution is 5.92.